The first-order valence-electron chi connectivity index (χ1n) is 9.38. The van der Waals surface area contributed by atoms with Gasteiger partial charge in [0.1, 0.15) is 0 Å². The maximum Gasteiger partial charge on any atom is 0.274 e. The first-order chi connectivity index (χ1) is 14.9. The number of nitrogens with zero attached hydrogens (tertiary/aromatic N) is 1. The Kier molecular flexibility index (Phi) is 7.46. The van der Waals surface area contributed by atoms with Gasteiger partial charge in [-0.25, -0.2) is 13.9 Å². The van der Waals surface area contributed by atoms with Crippen molar-refractivity contribution in [2.24, 2.45) is 0 Å². The minimum atomic E-state index is -4.00. The molecule has 6 nitrogen and oxygen atoms in total. The fourth-order valence-electron chi connectivity index (χ4n) is 2.84. The Bertz CT molecular complexity index is 1170. The number of sulfonamides is 1. The van der Waals surface area contributed by atoms with E-state index in [9.17, 15) is 13.2 Å². The Labute approximate surface area is 186 Å². The van der Waals surface area contributed by atoms with Crippen molar-refractivity contribution in [1.29, 1.82) is 0 Å². The van der Waals surface area contributed by atoms with Crippen molar-refractivity contribution in [2.45, 2.75) is 11.5 Å². The number of rotatable bonds is 9. The maximum atomic E-state index is 13.3. The molecule has 0 radical (unpaired) electrons. The van der Waals surface area contributed by atoms with E-state index in [4.69, 9.17) is 16.4 Å². The highest BCUT2D eigenvalue weighted by Gasteiger charge is 2.26. The molecule has 0 spiro atoms. The van der Waals surface area contributed by atoms with Gasteiger partial charge in [-0.1, -0.05) is 66.2 Å². The molecular weight excluding hydrogens is 436 g/mol. The smallest absolute Gasteiger partial charge is 0.269 e. The van der Waals surface area contributed by atoms with Crippen LogP contribution >= 0.6 is 11.6 Å². The number of carbonyl (C=O) groups is 1. The molecule has 0 fully saturated rings. The normalized spacial score (nSPS) is 11.0. The fourth-order valence-corrected chi connectivity index (χ4v) is 4.63. The van der Waals surface area contributed by atoms with Crippen LogP contribution in [0.25, 0.3) is 0 Å². The standard InChI is InChI=1S/C23H21ClN2O4S/c1-2-15-26(22-14-7-6-13-21(22)24)31(28,29)20-12-8-11-19(16-20)23(27)25-30-17-18-9-4-3-5-10-18/h2-14,16H,1,15,17H2,(H,25,27). The van der Waals surface area contributed by atoms with Crippen molar-refractivity contribution in [3.8, 4) is 0 Å². The summed E-state index contributed by atoms with van der Waals surface area (Å²) in [5, 5.41) is 0.288. The minimum absolute atomic E-state index is 0.0165. The molecule has 0 aromatic heterocycles. The van der Waals surface area contributed by atoms with Crippen molar-refractivity contribution in [3.05, 3.63) is 108 Å². The van der Waals surface area contributed by atoms with Crippen LogP contribution < -0.4 is 9.79 Å². The summed E-state index contributed by atoms with van der Waals surface area (Å²) < 4.78 is 27.8. The van der Waals surface area contributed by atoms with Gasteiger partial charge in [0.05, 0.1) is 28.8 Å². The molecule has 0 aliphatic carbocycles. The SMILES string of the molecule is C=CCN(c1ccccc1Cl)S(=O)(=O)c1cccc(C(=O)NOCc2ccccc2)c1. The molecule has 0 atom stereocenters. The van der Waals surface area contributed by atoms with Gasteiger partial charge in [0.25, 0.3) is 15.9 Å². The molecular formula is C23H21ClN2O4S. The summed E-state index contributed by atoms with van der Waals surface area (Å²) >= 11 is 6.22. The second kappa shape index (κ2) is 10.3. The van der Waals surface area contributed by atoms with Gasteiger partial charge in [-0.3, -0.25) is 13.9 Å². The molecule has 31 heavy (non-hydrogen) atoms. The number of hydrogen-bond donors (Lipinski definition) is 1. The molecule has 0 unspecified atom stereocenters. The number of hydroxylamine groups is 1. The number of halogens is 1. The van der Waals surface area contributed by atoms with Gasteiger partial charge in [-0.15, -0.1) is 6.58 Å². The quantitative estimate of drug-likeness (QED) is 0.377. The lowest BCUT2D eigenvalue weighted by Gasteiger charge is -2.24. The summed E-state index contributed by atoms with van der Waals surface area (Å²) in [5.41, 5.74) is 3.69. The van der Waals surface area contributed by atoms with Crippen LogP contribution in [-0.2, 0) is 21.5 Å². The first-order valence-corrected chi connectivity index (χ1v) is 11.2. The number of hydrogen-bond acceptors (Lipinski definition) is 4. The van der Waals surface area contributed by atoms with Gasteiger partial charge in [-0.05, 0) is 35.9 Å². The zero-order chi connectivity index (χ0) is 22.3. The molecule has 0 saturated carbocycles. The molecule has 160 valence electrons. The number of nitrogens with one attached hydrogen (secondary N) is 1. The van der Waals surface area contributed by atoms with Gasteiger partial charge in [0, 0.05) is 5.56 Å². The van der Waals surface area contributed by atoms with E-state index in [1.807, 2.05) is 30.3 Å². The van der Waals surface area contributed by atoms with Crippen LogP contribution in [-0.4, -0.2) is 20.9 Å². The Morgan fingerprint density at radius 1 is 1.03 bits per heavy atom. The van der Waals surface area contributed by atoms with Crippen LogP contribution in [0.1, 0.15) is 15.9 Å². The second-order valence-corrected chi connectivity index (χ2v) is 8.78. The number of amides is 1. The highest BCUT2D eigenvalue weighted by atomic mass is 35.5. The summed E-state index contributed by atoms with van der Waals surface area (Å²) in [6.45, 7) is 3.84. The van der Waals surface area contributed by atoms with E-state index in [0.717, 1.165) is 9.87 Å². The van der Waals surface area contributed by atoms with E-state index in [1.165, 1.54) is 30.3 Å². The molecule has 8 heteroatoms. The molecule has 0 bridgehead atoms. The van der Waals surface area contributed by atoms with Crippen LogP contribution in [0.4, 0.5) is 5.69 Å². The lowest BCUT2D eigenvalue weighted by atomic mass is 10.2. The van der Waals surface area contributed by atoms with Crippen LogP contribution in [0.3, 0.4) is 0 Å². The summed E-state index contributed by atoms with van der Waals surface area (Å²) in [5.74, 6) is -0.555. The minimum Gasteiger partial charge on any atom is -0.269 e. The summed E-state index contributed by atoms with van der Waals surface area (Å²) in [7, 11) is -4.00. The van der Waals surface area contributed by atoms with Crippen LogP contribution in [0.15, 0.2) is 96.4 Å². The lowest BCUT2D eigenvalue weighted by Crippen LogP contribution is -2.32. The van der Waals surface area contributed by atoms with Crippen molar-refractivity contribution in [2.75, 3.05) is 10.8 Å². The van der Waals surface area contributed by atoms with E-state index in [0.29, 0.717) is 5.69 Å². The van der Waals surface area contributed by atoms with Crippen molar-refractivity contribution in [1.82, 2.24) is 5.48 Å². The Morgan fingerprint density at radius 2 is 1.74 bits per heavy atom. The van der Waals surface area contributed by atoms with Gasteiger partial charge in [-0.2, -0.15) is 0 Å². The summed E-state index contributed by atoms with van der Waals surface area (Å²) in [4.78, 5) is 17.6. The third-order valence-corrected chi connectivity index (χ3v) is 6.44. The average molecular weight is 457 g/mol. The van der Waals surface area contributed by atoms with Crippen LogP contribution in [0.5, 0.6) is 0 Å². The highest BCUT2D eigenvalue weighted by Crippen LogP contribution is 2.30. The van der Waals surface area contributed by atoms with Gasteiger partial charge in [0.2, 0.25) is 0 Å². The fraction of sp³-hybridized carbons (Fsp3) is 0.0870. The molecule has 3 aromatic rings. The number of anilines is 1. The molecule has 0 heterocycles. The van der Waals surface area contributed by atoms with E-state index in [1.54, 1.807) is 24.3 Å². The van der Waals surface area contributed by atoms with Crippen LogP contribution in [0.2, 0.25) is 5.02 Å². The number of benzene rings is 3. The Morgan fingerprint density at radius 3 is 2.45 bits per heavy atom. The molecule has 0 aliphatic heterocycles. The Hall–Kier alpha value is -3.13. The first kappa shape index (κ1) is 22.6. The second-order valence-electron chi connectivity index (χ2n) is 6.51. The summed E-state index contributed by atoms with van der Waals surface area (Å²) in [6, 6.07) is 21.7. The number of para-hydroxylation sites is 1. The molecule has 0 aliphatic rings. The van der Waals surface area contributed by atoms with E-state index < -0.39 is 15.9 Å². The van der Waals surface area contributed by atoms with E-state index in [2.05, 4.69) is 12.1 Å². The van der Waals surface area contributed by atoms with E-state index in [-0.39, 0.29) is 28.6 Å². The van der Waals surface area contributed by atoms with Crippen LogP contribution in [0, 0.1) is 0 Å². The zero-order valence-corrected chi connectivity index (χ0v) is 18.1. The summed E-state index contributed by atoms with van der Waals surface area (Å²) in [6.07, 6.45) is 1.47. The molecule has 1 amide bonds. The van der Waals surface area contributed by atoms with Crippen molar-refractivity contribution >= 4 is 33.2 Å². The van der Waals surface area contributed by atoms with Crippen molar-refractivity contribution in [3.63, 3.8) is 0 Å². The zero-order valence-electron chi connectivity index (χ0n) is 16.6. The highest BCUT2D eigenvalue weighted by molar-refractivity contribution is 7.92. The largest absolute Gasteiger partial charge is 0.274 e. The molecule has 3 aromatic carbocycles. The van der Waals surface area contributed by atoms with Gasteiger partial charge < -0.3 is 0 Å². The van der Waals surface area contributed by atoms with Gasteiger partial charge >= 0.3 is 0 Å². The van der Waals surface area contributed by atoms with Crippen molar-refractivity contribution < 1.29 is 18.0 Å². The third-order valence-electron chi connectivity index (χ3n) is 4.35. The third kappa shape index (κ3) is 5.52. The van der Waals surface area contributed by atoms with E-state index >= 15 is 0 Å². The Balaban J connectivity index is 1.80. The predicted molar refractivity (Wildman–Crippen MR) is 121 cm³/mol. The topological polar surface area (TPSA) is 75.7 Å². The molecule has 1 N–H and O–H groups in total. The molecule has 0 saturated heterocycles. The predicted octanol–water partition coefficient (Wildman–Crippen LogP) is 4.58. The number of carbonyl (C=O) groups excluding carboxylic acids is 1. The maximum absolute atomic E-state index is 13.3. The molecule has 3 rings (SSSR count). The lowest BCUT2D eigenvalue weighted by molar-refractivity contribution is 0.0233. The van der Waals surface area contributed by atoms with Gasteiger partial charge in [0.15, 0.2) is 0 Å². The average Bonchev–Trinajstić information content (AvgIpc) is 2.79. The monoisotopic (exact) mass is 456 g/mol.